The van der Waals surface area contributed by atoms with E-state index >= 15 is 0 Å². The maximum Gasteiger partial charge on any atom is 0.241 e. The van der Waals surface area contributed by atoms with Crippen molar-refractivity contribution in [3.63, 3.8) is 0 Å². The van der Waals surface area contributed by atoms with E-state index in [1.165, 1.54) is 12.1 Å². The summed E-state index contributed by atoms with van der Waals surface area (Å²) in [5, 5.41) is 0. The van der Waals surface area contributed by atoms with Gasteiger partial charge in [-0.15, -0.1) is 0 Å². The molecule has 1 unspecified atom stereocenters. The maximum atomic E-state index is 13.3. The van der Waals surface area contributed by atoms with Crippen molar-refractivity contribution >= 4 is 26.0 Å². The molecule has 0 bridgehead atoms. The Balaban J connectivity index is 1.69. The topological polar surface area (TPSA) is 64.0 Å². The minimum atomic E-state index is -3.74. The Morgan fingerprint density at radius 1 is 1.45 bits per heavy atom. The fourth-order valence-corrected chi connectivity index (χ4v) is 4.67. The molecule has 3 rings (SSSR count). The predicted octanol–water partition coefficient (Wildman–Crippen LogP) is 2.33. The van der Waals surface area contributed by atoms with E-state index in [4.69, 9.17) is 0 Å². The molecule has 8 heteroatoms. The zero-order valence-corrected chi connectivity index (χ0v) is 14.1. The second kappa shape index (κ2) is 6.10. The van der Waals surface area contributed by atoms with Crippen LogP contribution in [0.4, 0.5) is 4.39 Å². The van der Waals surface area contributed by atoms with Gasteiger partial charge in [0.25, 0.3) is 0 Å². The molecular weight excluding hydrogens is 373 g/mol. The average Bonchev–Trinajstić information content (AvgIpc) is 2.95. The van der Waals surface area contributed by atoms with E-state index in [-0.39, 0.29) is 10.8 Å². The smallest absolute Gasteiger partial charge is 0.241 e. The van der Waals surface area contributed by atoms with Crippen molar-refractivity contribution < 1.29 is 12.8 Å². The molecule has 0 saturated heterocycles. The maximum absolute atomic E-state index is 13.3. The number of nitrogens with zero attached hydrogens (tertiary/aromatic N) is 2. The predicted molar refractivity (Wildman–Crippen MR) is 83.3 cm³/mol. The van der Waals surface area contributed by atoms with Crippen LogP contribution in [-0.2, 0) is 23.0 Å². The molecule has 118 valence electrons. The summed E-state index contributed by atoms with van der Waals surface area (Å²) in [6, 6.07) is 3.62. The fourth-order valence-electron chi connectivity index (χ4n) is 2.58. The first kappa shape index (κ1) is 15.6. The SMILES string of the molecule is O=S(=O)(NCC1CCn2ccnc2C1)c1cc(F)ccc1Br. The number of fused-ring (bicyclic) bond motifs is 1. The third-order valence-corrected chi connectivity index (χ3v) is 6.21. The van der Waals surface area contributed by atoms with E-state index in [2.05, 4.69) is 30.2 Å². The summed E-state index contributed by atoms with van der Waals surface area (Å²) >= 11 is 3.15. The molecule has 0 aliphatic carbocycles. The molecule has 1 aromatic carbocycles. The minimum absolute atomic E-state index is 0.0789. The Labute approximate surface area is 136 Å². The van der Waals surface area contributed by atoms with Crippen molar-refractivity contribution in [2.45, 2.75) is 24.3 Å². The van der Waals surface area contributed by atoms with Gasteiger partial charge in [-0.3, -0.25) is 0 Å². The first-order valence-corrected chi connectivity index (χ1v) is 9.18. The van der Waals surface area contributed by atoms with Crippen LogP contribution in [0.15, 0.2) is 40.0 Å². The normalized spacial score (nSPS) is 18.2. The Kier molecular flexibility index (Phi) is 4.33. The zero-order valence-electron chi connectivity index (χ0n) is 11.7. The number of rotatable bonds is 4. The van der Waals surface area contributed by atoms with Crippen molar-refractivity contribution in [3.05, 3.63) is 46.7 Å². The highest BCUT2D eigenvalue weighted by atomic mass is 79.9. The summed E-state index contributed by atoms with van der Waals surface area (Å²) in [7, 11) is -3.74. The summed E-state index contributed by atoms with van der Waals surface area (Å²) < 4.78 is 42.9. The number of hydrogen-bond acceptors (Lipinski definition) is 3. The highest BCUT2D eigenvalue weighted by Crippen LogP contribution is 2.24. The van der Waals surface area contributed by atoms with E-state index < -0.39 is 15.8 Å². The van der Waals surface area contributed by atoms with Gasteiger partial charge in [0.15, 0.2) is 0 Å². The van der Waals surface area contributed by atoms with Crippen molar-refractivity contribution in [1.82, 2.24) is 14.3 Å². The molecule has 2 aromatic rings. The van der Waals surface area contributed by atoms with Gasteiger partial charge in [0.05, 0.1) is 4.90 Å². The quantitative estimate of drug-likeness (QED) is 0.875. The van der Waals surface area contributed by atoms with Crippen LogP contribution in [0, 0.1) is 11.7 Å². The number of hydrogen-bond donors (Lipinski definition) is 1. The molecule has 0 spiro atoms. The van der Waals surface area contributed by atoms with Gasteiger partial charge in [-0.1, -0.05) is 0 Å². The third-order valence-electron chi connectivity index (χ3n) is 3.80. The van der Waals surface area contributed by atoms with Gasteiger partial charge in [0.2, 0.25) is 10.0 Å². The van der Waals surface area contributed by atoms with Gasteiger partial charge in [-0.2, -0.15) is 0 Å². The summed E-state index contributed by atoms with van der Waals surface area (Å²) in [6.45, 7) is 1.16. The first-order valence-electron chi connectivity index (χ1n) is 6.90. The van der Waals surface area contributed by atoms with Crippen LogP contribution in [0.5, 0.6) is 0 Å². The van der Waals surface area contributed by atoms with E-state index in [1.807, 2.05) is 6.20 Å². The molecule has 1 atom stereocenters. The largest absolute Gasteiger partial charge is 0.335 e. The number of aromatic nitrogens is 2. The van der Waals surface area contributed by atoms with Gasteiger partial charge < -0.3 is 4.57 Å². The molecule has 2 heterocycles. The fraction of sp³-hybridized carbons (Fsp3) is 0.357. The highest BCUT2D eigenvalue weighted by molar-refractivity contribution is 9.10. The molecule has 0 radical (unpaired) electrons. The van der Waals surface area contributed by atoms with E-state index in [0.717, 1.165) is 31.3 Å². The molecule has 5 nitrogen and oxygen atoms in total. The van der Waals surface area contributed by atoms with Crippen LogP contribution >= 0.6 is 15.9 Å². The minimum Gasteiger partial charge on any atom is -0.335 e. The molecule has 22 heavy (non-hydrogen) atoms. The Hall–Kier alpha value is -1.25. The summed E-state index contributed by atoms with van der Waals surface area (Å²) in [5.41, 5.74) is 0. The second-order valence-electron chi connectivity index (χ2n) is 5.32. The molecule has 1 aliphatic rings. The third kappa shape index (κ3) is 3.23. The number of aryl methyl sites for hydroxylation is 1. The molecular formula is C14H15BrFN3O2S. The van der Waals surface area contributed by atoms with Crippen molar-refractivity contribution in [1.29, 1.82) is 0 Å². The van der Waals surface area contributed by atoms with Gasteiger partial charge in [-0.25, -0.2) is 22.5 Å². The molecule has 1 N–H and O–H groups in total. The number of sulfonamides is 1. The lowest BCUT2D eigenvalue weighted by atomic mass is 9.98. The monoisotopic (exact) mass is 387 g/mol. The van der Waals surface area contributed by atoms with Crippen LogP contribution in [0.3, 0.4) is 0 Å². The van der Waals surface area contributed by atoms with E-state index in [1.54, 1.807) is 6.20 Å². The number of imidazole rings is 1. The van der Waals surface area contributed by atoms with Gasteiger partial charge in [-0.05, 0) is 46.5 Å². The number of nitrogens with one attached hydrogen (secondary N) is 1. The standard InChI is InChI=1S/C14H15BrFN3O2S/c15-12-2-1-11(16)8-13(12)22(20,21)18-9-10-3-5-19-6-4-17-14(19)7-10/h1-2,4,6,8,10,18H,3,5,7,9H2. The lowest BCUT2D eigenvalue weighted by molar-refractivity contribution is 0.379. The van der Waals surface area contributed by atoms with Crippen LogP contribution in [0.25, 0.3) is 0 Å². The second-order valence-corrected chi connectivity index (χ2v) is 7.91. The molecule has 1 aromatic heterocycles. The van der Waals surface area contributed by atoms with Gasteiger partial charge in [0, 0.05) is 36.4 Å². The van der Waals surface area contributed by atoms with Gasteiger partial charge >= 0.3 is 0 Å². The Bertz CT molecular complexity index is 791. The van der Waals surface area contributed by atoms with Crippen LogP contribution < -0.4 is 4.72 Å². The van der Waals surface area contributed by atoms with E-state index in [9.17, 15) is 12.8 Å². The van der Waals surface area contributed by atoms with Crippen molar-refractivity contribution in [2.24, 2.45) is 5.92 Å². The summed E-state index contributed by atoms with van der Waals surface area (Å²) in [5.74, 6) is 0.586. The van der Waals surface area contributed by atoms with Crippen LogP contribution in [-0.4, -0.2) is 24.5 Å². The highest BCUT2D eigenvalue weighted by Gasteiger charge is 2.23. The van der Waals surface area contributed by atoms with Crippen molar-refractivity contribution in [3.8, 4) is 0 Å². The van der Waals surface area contributed by atoms with E-state index in [0.29, 0.717) is 11.0 Å². The number of benzene rings is 1. The first-order chi connectivity index (χ1) is 10.5. The molecule has 0 saturated carbocycles. The van der Waals surface area contributed by atoms with Crippen LogP contribution in [0.1, 0.15) is 12.2 Å². The molecule has 0 amide bonds. The Morgan fingerprint density at radius 2 is 2.27 bits per heavy atom. The average molecular weight is 388 g/mol. The lowest BCUT2D eigenvalue weighted by Gasteiger charge is -2.23. The summed E-state index contributed by atoms with van der Waals surface area (Å²) in [6.07, 6.45) is 5.31. The summed E-state index contributed by atoms with van der Waals surface area (Å²) in [4.78, 5) is 4.19. The lowest BCUT2D eigenvalue weighted by Crippen LogP contribution is -2.33. The Morgan fingerprint density at radius 3 is 3.09 bits per heavy atom. The number of halogens is 2. The molecule has 1 aliphatic heterocycles. The van der Waals surface area contributed by atoms with Gasteiger partial charge in [0.1, 0.15) is 11.6 Å². The van der Waals surface area contributed by atoms with Crippen molar-refractivity contribution in [2.75, 3.05) is 6.54 Å². The molecule has 0 fully saturated rings. The zero-order chi connectivity index (χ0) is 15.7. The van der Waals surface area contributed by atoms with Crippen LogP contribution in [0.2, 0.25) is 0 Å².